The van der Waals surface area contributed by atoms with E-state index in [1.165, 1.54) is 5.56 Å². The Hall–Kier alpha value is -0.670. The molecule has 2 nitrogen and oxygen atoms in total. The minimum Gasteiger partial charge on any atom is -0.238 e. The van der Waals surface area contributed by atoms with E-state index in [4.69, 9.17) is 0 Å². The van der Waals surface area contributed by atoms with E-state index < -0.39 is 11.0 Å². The SMILES string of the molecule is CC.CCCNS(=O)c1ccc(C)cc1. The number of rotatable bonds is 4. The first-order chi connectivity index (χ1) is 7.24. The van der Waals surface area contributed by atoms with Gasteiger partial charge in [0.25, 0.3) is 0 Å². The van der Waals surface area contributed by atoms with Crippen molar-refractivity contribution in [1.82, 2.24) is 4.72 Å². The van der Waals surface area contributed by atoms with Crippen molar-refractivity contribution in [3.05, 3.63) is 29.8 Å². The van der Waals surface area contributed by atoms with Gasteiger partial charge in [-0.3, -0.25) is 0 Å². The Labute approximate surface area is 95.7 Å². The summed E-state index contributed by atoms with van der Waals surface area (Å²) in [4.78, 5) is 0.846. The molecule has 15 heavy (non-hydrogen) atoms. The van der Waals surface area contributed by atoms with Crippen molar-refractivity contribution < 1.29 is 4.21 Å². The molecular weight excluding hydrogens is 206 g/mol. The van der Waals surface area contributed by atoms with Crippen LogP contribution in [0.4, 0.5) is 0 Å². The summed E-state index contributed by atoms with van der Waals surface area (Å²) in [6, 6.07) is 7.74. The lowest BCUT2D eigenvalue weighted by molar-refractivity contribution is 0.670. The van der Waals surface area contributed by atoms with Gasteiger partial charge in [0.1, 0.15) is 11.0 Å². The van der Waals surface area contributed by atoms with Crippen molar-refractivity contribution in [2.24, 2.45) is 0 Å². The van der Waals surface area contributed by atoms with Crippen LogP contribution in [0, 0.1) is 6.92 Å². The van der Waals surface area contributed by atoms with Crippen LogP contribution < -0.4 is 4.72 Å². The van der Waals surface area contributed by atoms with Crippen molar-refractivity contribution in [2.45, 2.75) is 39.0 Å². The van der Waals surface area contributed by atoms with Gasteiger partial charge in [0.05, 0.1) is 4.90 Å². The predicted octanol–water partition coefficient (Wildman–Crippen LogP) is 3.04. The van der Waals surface area contributed by atoms with Gasteiger partial charge in [0.15, 0.2) is 0 Å². The average molecular weight is 227 g/mol. The Balaban J connectivity index is 0.000000921. The third kappa shape index (κ3) is 5.70. The summed E-state index contributed by atoms with van der Waals surface area (Å²) in [5.41, 5.74) is 1.19. The van der Waals surface area contributed by atoms with Crippen molar-refractivity contribution in [1.29, 1.82) is 0 Å². The van der Waals surface area contributed by atoms with Crippen LogP contribution in [0.15, 0.2) is 29.2 Å². The molecule has 0 radical (unpaired) electrons. The Morgan fingerprint density at radius 2 is 1.73 bits per heavy atom. The number of aryl methyl sites for hydroxylation is 1. The first-order valence-corrected chi connectivity index (χ1v) is 6.61. The molecule has 1 N–H and O–H groups in total. The van der Waals surface area contributed by atoms with Crippen LogP contribution in [0.2, 0.25) is 0 Å². The van der Waals surface area contributed by atoms with Crippen LogP contribution in [0.5, 0.6) is 0 Å². The van der Waals surface area contributed by atoms with Gasteiger partial charge >= 0.3 is 0 Å². The van der Waals surface area contributed by atoms with E-state index in [1.54, 1.807) is 0 Å². The molecule has 1 rings (SSSR count). The van der Waals surface area contributed by atoms with Crippen LogP contribution >= 0.6 is 0 Å². The highest BCUT2D eigenvalue weighted by atomic mass is 32.2. The topological polar surface area (TPSA) is 29.1 Å². The number of hydrogen-bond acceptors (Lipinski definition) is 1. The van der Waals surface area contributed by atoms with Crippen molar-refractivity contribution >= 4 is 11.0 Å². The zero-order valence-electron chi connectivity index (χ0n) is 10.0. The summed E-state index contributed by atoms with van der Waals surface area (Å²) in [5, 5.41) is 0. The van der Waals surface area contributed by atoms with Crippen LogP contribution in [-0.2, 0) is 11.0 Å². The molecule has 1 atom stereocenters. The highest BCUT2D eigenvalue weighted by Gasteiger charge is 2.00. The van der Waals surface area contributed by atoms with Gasteiger partial charge in [-0.15, -0.1) is 0 Å². The first kappa shape index (κ1) is 14.3. The van der Waals surface area contributed by atoms with Crippen LogP contribution in [0.3, 0.4) is 0 Å². The van der Waals surface area contributed by atoms with Gasteiger partial charge in [-0.1, -0.05) is 38.5 Å². The second-order valence-corrected chi connectivity index (χ2v) is 4.27. The first-order valence-electron chi connectivity index (χ1n) is 5.46. The van der Waals surface area contributed by atoms with Crippen LogP contribution in [0.25, 0.3) is 0 Å². The average Bonchev–Trinajstić information content (AvgIpc) is 2.29. The molecule has 0 aliphatic rings. The fraction of sp³-hybridized carbons (Fsp3) is 0.500. The molecule has 1 aromatic rings. The predicted molar refractivity (Wildman–Crippen MR) is 67.2 cm³/mol. The van der Waals surface area contributed by atoms with E-state index in [9.17, 15) is 4.21 Å². The Morgan fingerprint density at radius 1 is 1.20 bits per heavy atom. The van der Waals surface area contributed by atoms with Gasteiger partial charge in [-0.05, 0) is 25.5 Å². The number of benzene rings is 1. The molecule has 0 aromatic heterocycles. The quantitative estimate of drug-likeness (QED) is 0.841. The summed E-state index contributed by atoms with van der Waals surface area (Å²) >= 11 is 0. The number of nitrogens with one attached hydrogen (secondary N) is 1. The maximum atomic E-state index is 11.5. The van der Waals surface area contributed by atoms with Gasteiger partial charge < -0.3 is 0 Å². The molecule has 3 heteroatoms. The lowest BCUT2D eigenvalue weighted by Gasteiger charge is -2.02. The van der Waals surface area contributed by atoms with E-state index in [0.29, 0.717) is 0 Å². The minimum absolute atomic E-state index is 0.792. The van der Waals surface area contributed by atoms with Crippen molar-refractivity contribution in [3.8, 4) is 0 Å². The molecule has 0 saturated heterocycles. The van der Waals surface area contributed by atoms with Crippen molar-refractivity contribution in [3.63, 3.8) is 0 Å². The molecule has 1 aromatic carbocycles. The lowest BCUT2D eigenvalue weighted by Crippen LogP contribution is -2.17. The molecule has 0 amide bonds. The van der Waals surface area contributed by atoms with E-state index in [0.717, 1.165) is 17.9 Å². The largest absolute Gasteiger partial charge is 0.238 e. The summed E-state index contributed by atoms with van der Waals surface area (Å²) < 4.78 is 14.5. The van der Waals surface area contributed by atoms with Gasteiger partial charge in [-0.2, -0.15) is 0 Å². The van der Waals surface area contributed by atoms with Crippen LogP contribution in [0.1, 0.15) is 32.8 Å². The smallest absolute Gasteiger partial charge is 0.124 e. The molecule has 0 heterocycles. The van der Waals surface area contributed by atoms with E-state index in [2.05, 4.69) is 11.6 Å². The highest BCUT2D eigenvalue weighted by Crippen LogP contribution is 2.06. The third-order valence-corrected chi connectivity index (χ3v) is 2.88. The van der Waals surface area contributed by atoms with Gasteiger partial charge in [0, 0.05) is 6.54 Å². The lowest BCUT2D eigenvalue weighted by atomic mass is 10.2. The molecule has 0 saturated carbocycles. The second kappa shape index (κ2) is 8.62. The fourth-order valence-electron chi connectivity index (χ4n) is 0.940. The Kier molecular flexibility index (Phi) is 8.24. The Bertz CT molecular complexity index is 282. The summed E-state index contributed by atoms with van der Waals surface area (Å²) in [7, 11) is -1.04. The van der Waals surface area contributed by atoms with Crippen molar-refractivity contribution in [2.75, 3.05) is 6.54 Å². The monoisotopic (exact) mass is 227 g/mol. The fourth-order valence-corrected chi connectivity index (χ4v) is 1.88. The normalized spacial score (nSPS) is 11.5. The third-order valence-electron chi connectivity index (χ3n) is 1.72. The molecule has 0 spiro atoms. The zero-order chi connectivity index (χ0) is 11.7. The Morgan fingerprint density at radius 3 is 2.20 bits per heavy atom. The molecule has 0 fully saturated rings. The molecular formula is C12H21NOS. The molecule has 1 unspecified atom stereocenters. The highest BCUT2D eigenvalue weighted by molar-refractivity contribution is 7.83. The van der Waals surface area contributed by atoms with E-state index in [1.807, 2.05) is 45.0 Å². The summed E-state index contributed by atoms with van der Waals surface area (Å²) in [6.45, 7) is 8.87. The van der Waals surface area contributed by atoms with Gasteiger partial charge in [0.2, 0.25) is 0 Å². The van der Waals surface area contributed by atoms with E-state index >= 15 is 0 Å². The zero-order valence-corrected chi connectivity index (χ0v) is 10.9. The summed E-state index contributed by atoms with van der Waals surface area (Å²) in [6.07, 6.45) is 0.998. The molecule has 86 valence electrons. The molecule has 0 aliphatic carbocycles. The maximum Gasteiger partial charge on any atom is 0.124 e. The molecule has 0 aliphatic heterocycles. The number of hydrogen-bond donors (Lipinski definition) is 1. The molecule has 0 bridgehead atoms. The minimum atomic E-state index is -1.04. The van der Waals surface area contributed by atoms with Crippen LogP contribution in [-0.4, -0.2) is 10.8 Å². The van der Waals surface area contributed by atoms with Gasteiger partial charge in [-0.25, -0.2) is 8.93 Å². The summed E-state index contributed by atoms with van der Waals surface area (Å²) in [5.74, 6) is 0. The maximum absolute atomic E-state index is 11.5. The second-order valence-electron chi connectivity index (χ2n) is 2.98. The standard InChI is InChI=1S/C10H15NOS.C2H6/c1-3-8-11-13(12)10-6-4-9(2)5-7-10;1-2/h4-7,11H,3,8H2,1-2H3;1-2H3. The van der Waals surface area contributed by atoms with E-state index in [-0.39, 0.29) is 0 Å².